The van der Waals surface area contributed by atoms with Gasteiger partial charge in [0.1, 0.15) is 5.82 Å². The minimum Gasteiger partial charge on any atom is -0.390 e. The van der Waals surface area contributed by atoms with E-state index in [0.29, 0.717) is 23.5 Å². The van der Waals surface area contributed by atoms with Gasteiger partial charge < -0.3 is 20.6 Å². The summed E-state index contributed by atoms with van der Waals surface area (Å²) in [5.41, 5.74) is 2.88. The quantitative estimate of drug-likeness (QED) is 0.273. The van der Waals surface area contributed by atoms with E-state index in [1.165, 1.54) is 50.7 Å². The predicted molar refractivity (Wildman–Crippen MR) is 164 cm³/mol. The average molecular weight is 590 g/mol. The van der Waals surface area contributed by atoms with Crippen molar-refractivity contribution in [1.29, 1.82) is 0 Å². The molecule has 0 aliphatic heterocycles. The third kappa shape index (κ3) is 7.24. The summed E-state index contributed by atoms with van der Waals surface area (Å²) in [5.74, 6) is 2.99. The van der Waals surface area contributed by atoms with Crippen molar-refractivity contribution >= 4 is 11.7 Å². The second-order valence-electron chi connectivity index (χ2n) is 13.5. The number of rotatable bonds is 12. The fraction of sp³-hybridized carbons (Fsp3) is 0.576. The van der Waals surface area contributed by atoms with Crippen LogP contribution in [0.1, 0.15) is 57.4 Å². The highest BCUT2D eigenvalue weighted by molar-refractivity contribution is 5.90. The number of carbonyl (C=O) groups is 1. The monoisotopic (exact) mass is 589 g/mol. The maximum Gasteiger partial charge on any atom is 0.319 e. The molecule has 2 atom stereocenters. The molecule has 43 heavy (non-hydrogen) atoms. The van der Waals surface area contributed by atoms with E-state index in [1.807, 2.05) is 43.3 Å². The van der Waals surface area contributed by atoms with E-state index in [9.17, 15) is 14.3 Å². The van der Waals surface area contributed by atoms with E-state index < -0.39 is 12.1 Å². The normalized spacial score (nSPS) is 25.6. The summed E-state index contributed by atoms with van der Waals surface area (Å²) in [6.07, 6.45) is 9.22. The van der Waals surface area contributed by atoms with Gasteiger partial charge >= 0.3 is 6.03 Å². The molecule has 9 nitrogen and oxygen atoms in total. The molecule has 4 aliphatic rings. The van der Waals surface area contributed by atoms with Gasteiger partial charge in [0.05, 0.1) is 12.1 Å². The molecule has 1 heterocycles. The number of benzene rings is 2. The minimum atomic E-state index is -0.721. The lowest BCUT2D eigenvalue weighted by atomic mass is 9.49. The number of nitrogens with zero attached hydrogens (tertiary/aromatic N) is 5. The van der Waals surface area contributed by atoms with Gasteiger partial charge in [-0.2, -0.15) is 0 Å². The Kier molecular flexibility index (Phi) is 8.77. The zero-order valence-electron chi connectivity index (χ0n) is 25.3. The number of anilines is 1. The Bertz CT molecular complexity index is 1360. The van der Waals surface area contributed by atoms with Crippen LogP contribution in [-0.4, -0.2) is 68.0 Å². The topological polar surface area (TPSA) is 108 Å². The molecule has 4 bridgehead atoms. The van der Waals surface area contributed by atoms with Gasteiger partial charge in [0.15, 0.2) is 5.82 Å². The first kappa shape index (κ1) is 29.7. The van der Waals surface area contributed by atoms with Crippen molar-refractivity contribution in [2.24, 2.45) is 30.2 Å². The van der Waals surface area contributed by atoms with Gasteiger partial charge in [-0.15, -0.1) is 5.10 Å². The number of aromatic nitrogens is 4. The second-order valence-corrected chi connectivity index (χ2v) is 13.5. The zero-order chi connectivity index (χ0) is 30.0. The third-order valence-electron chi connectivity index (χ3n) is 9.96. The van der Waals surface area contributed by atoms with E-state index in [2.05, 4.69) is 31.1 Å². The molecule has 4 fully saturated rings. The smallest absolute Gasteiger partial charge is 0.319 e. The highest BCUT2D eigenvalue weighted by atomic mass is 19.1. The van der Waals surface area contributed by atoms with Crippen LogP contribution in [0.3, 0.4) is 0 Å². The average Bonchev–Trinajstić information content (AvgIpc) is 3.39. The number of halogens is 1. The first-order chi connectivity index (χ1) is 20.7. The van der Waals surface area contributed by atoms with Gasteiger partial charge in [-0.3, -0.25) is 0 Å². The van der Waals surface area contributed by atoms with Crippen LogP contribution < -0.4 is 10.6 Å². The lowest BCUT2D eigenvalue weighted by molar-refractivity contribution is -0.0737. The fourth-order valence-corrected chi connectivity index (χ4v) is 8.45. The SMILES string of the molecule is C[C@@H](NC(=O)Nc1cccc(-c2nnnn2C)c1)[C@@H](O)CN(CCCc1ccc(F)cc1)CC12CC3CC(CC(C3)C1)C2. The summed E-state index contributed by atoms with van der Waals surface area (Å²) in [4.78, 5) is 15.4. The van der Waals surface area contributed by atoms with Crippen LogP contribution in [-0.2, 0) is 13.5 Å². The molecule has 3 aromatic rings. The van der Waals surface area contributed by atoms with E-state index in [0.717, 1.165) is 54.8 Å². The molecule has 3 N–H and O–H groups in total. The fourth-order valence-electron chi connectivity index (χ4n) is 8.45. The molecule has 10 heteroatoms. The molecular weight excluding hydrogens is 545 g/mol. The standard InChI is InChI=1S/C33H44FN7O2/c1-22(35-32(43)36-29-7-3-6-27(16-29)31-37-38-39-40(31)2)30(42)20-41(12-4-5-23-8-10-28(34)11-9-23)21-33-17-24-13-25(18-33)15-26(14-24)19-33/h3,6-11,16,22,24-26,30,42H,4-5,12-15,17-21H2,1-2H3,(H2,35,36,43)/t22-,24?,25?,26?,30+,33?/m1/s1. The van der Waals surface area contributed by atoms with Crippen LogP contribution >= 0.6 is 0 Å². The van der Waals surface area contributed by atoms with Crippen molar-refractivity contribution in [3.05, 3.63) is 59.9 Å². The highest BCUT2D eigenvalue weighted by Gasteiger charge is 2.51. The van der Waals surface area contributed by atoms with Gasteiger partial charge in [-0.05, 0) is 128 Å². The number of aliphatic hydroxyl groups excluding tert-OH is 1. The van der Waals surface area contributed by atoms with Crippen molar-refractivity contribution in [1.82, 2.24) is 30.4 Å². The lowest BCUT2D eigenvalue weighted by Crippen LogP contribution is -2.54. The molecule has 230 valence electrons. The molecule has 4 saturated carbocycles. The van der Waals surface area contributed by atoms with Gasteiger partial charge in [-0.1, -0.05) is 24.3 Å². The highest BCUT2D eigenvalue weighted by Crippen LogP contribution is 2.60. The molecular formula is C33H44FN7O2. The molecule has 7 rings (SSSR count). The Labute approximate surface area is 253 Å². The third-order valence-corrected chi connectivity index (χ3v) is 9.96. The molecule has 0 radical (unpaired) electrons. The van der Waals surface area contributed by atoms with E-state index in [4.69, 9.17) is 0 Å². The van der Waals surface area contributed by atoms with Gasteiger partial charge in [0.25, 0.3) is 0 Å². The van der Waals surface area contributed by atoms with Crippen molar-refractivity contribution in [2.75, 3.05) is 25.0 Å². The molecule has 2 amide bonds. The van der Waals surface area contributed by atoms with Crippen LogP contribution in [0.2, 0.25) is 0 Å². The number of hydrogen-bond acceptors (Lipinski definition) is 6. The largest absolute Gasteiger partial charge is 0.390 e. The van der Waals surface area contributed by atoms with Crippen molar-refractivity contribution in [3.63, 3.8) is 0 Å². The summed E-state index contributed by atoms with van der Waals surface area (Å²) in [6.45, 7) is 4.22. The molecule has 1 aromatic heterocycles. The first-order valence-corrected chi connectivity index (χ1v) is 15.8. The van der Waals surface area contributed by atoms with Crippen molar-refractivity contribution in [3.8, 4) is 11.4 Å². The summed E-state index contributed by atoms with van der Waals surface area (Å²) in [5, 5.41) is 28.7. The number of nitrogens with one attached hydrogen (secondary N) is 2. The Hall–Kier alpha value is -3.37. The Morgan fingerprint density at radius 2 is 1.81 bits per heavy atom. The summed E-state index contributed by atoms with van der Waals surface area (Å²) in [7, 11) is 1.76. The Morgan fingerprint density at radius 3 is 2.47 bits per heavy atom. The molecule has 0 spiro atoms. The van der Waals surface area contributed by atoms with E-state index in [1.54, 1.807) is 11.7 Å². The van der Waals surface area contributed by atoms with Gasteiger partial charge in [0, 0.05) is 31.4 Å². The van der Waals surface area contributed by atoms with Gasteiger partial charge in [0.2, 0.25) is 0 Å². The Balaban J connectivity index is 1.07. The lowest BCUT2D eigenvalue weighted by Gasteiger charge is -2.58. The van der Waals surface area contributed by atoms with Crippen LogP contribution in [0, 0.1) is 29.0 Å². The summed E-state index contributed by atoms with van der Waals surface area (Å²) >= 11 is 0. The number of tetrazole rings is 1. The van der Waals surface area contributed by atoms with Crippen LogP contribution in [0.25, 0.3) is 11.4 Å². The number of urea groups is 1. The first-order valence-electron chi connectivity index (χ1n) is 15.8. The number of carbonyl (C=O) groups excluding carboxylic acids is 1. The van der Waals surface area contributed by atoms with E-state index >= 15 is 0 Å². The predicted octanol–water partition coefficient (Wildman–Crippen LogP) is 5.04. The van der Waals surface area contributed by atoms with Crippen LogP contribution in [0.4, 0.5) is 14.9 Å². The number of aliphatic hydroxyl groups is 1. The molecule has 2 aromatic carbocycles. The summed E-state index contributed by atoms with van der Waals surface area (Å²) < 4.78 is 15.0. The number of aryl methyl sites for hydroxylation is 2. The Morgan fingerprint density at radius 1 is 1.12 bits per heavy atom. The molecule has 0 unspecified atom stereocenters. The van der Waals surface area contributed by atoms with Gasteiger partial charge in [-0.25, -0.2) is 13.9 Å². The molecule has 4 aliphatic carbocycles. The van der Waals surface area contributed by atoms with E-state index in [-0.39, 0.29) is 11.8 Å². The number of hydrogen-bond donors (Lipinski definition) is 3. The van der Waals surface area contributed by atoms with Crippen molar-refractivity contribution < 1.29 is 14.3 Å². The maximum atomic E-state index is 13.4. The minimum absolute atomic E-state index is 0.212. The maximum absolute atomic E-state index is 13.4. The molecule has 0 saturated heterocycles. The number of amides is 2. The second kappa shape index (κ2) is 12.7. The van der Waals surface area contributed by atoms with Crippen LogP contribution in [0.5, 0.6) is 0 Å². The summed E-state index contributed by atoms with van der Waals surface area (Å²) in [6, 6.07) is 13.3. The zero-order valence-corrected chi connectivity index (χ0v) is 25.3. The van der Waals surface area contributed by atoms with Crippen LogP contribution in [0.15, 0.2) is 48.5 Å². The van der Waals surface area contributed by atoms with Crippen molar-refractivity contribution in [2.45, 2.75) is 70.4 Å².